The van der Waals surface area contributed by atoms with E-state index in [-0.39, 0.29) is 4.90 Å². The average Bonchev–Trinajstić information content (AvgIpc) is 3.27. The average molecular weight is 320 g/mol. The van der Waals surface area contributed by atoms with Crippen LogP contribution in [-0.4, -0.2) is 34.5 Å². The number of methoxy groups -OCH3 is 1. The van der Waals surface area contributed by atoms with Crippen LogP contribution in [0, 0.1) is 0 Å². The normalized spacial score (nSPS) is 15.4. The standard InChI is InChI=1S/C13H18F2N2O3S/c1-20-12-5-4-11(21(18,19)17-8-13(14)15)6-9(12)7-16-10-2-3-10/h4-6,10,13,16-17H,2-3,7-8H2,1H3. The van der Waals surface area contributed by atoms with E-state index >= 15 is 0 Å². The van der Waals surface area contributed by atoms with E-state index in [9.17, 15) is 17.2 Å². The molecule has 2 rings (SSSR count). The van der Waals surface area contributed by atoms with Crippen molar-refractivity contribution in [2.75, 3.05) is 13.7 Å². The Labute approximate surface area is 122 Å². The molecule has 0 aromatic heterocycles. The van der Waals surface area contributed by atoms with Crippen molar-refractivity contribution in [2.45, 2.75) is 36.7 Å². The van der Waals surface area contributed by atoms with Gasteiger partial charge in [-0.05, 0) is 31.0 Å². The van der Waals surface area contributed by atoms with Gasteiger partial charge < -0.3 is 10.1 Å². The Hall–Kier alpha value is -1.25. The number of sulfonamides is 1. The van der Waals surface area contributed by atoms with Gasteiger partial charge in [0.2, 0.25) is 10.0 Å². The summed E-state index contributed by atoms with van der Waals surface area (Å²) in [5.74, 6) is 0.566. The van der Waals surface area contributed by atoms with E-state index < -0.39 is 23.0 Å². The third-order valence-electron chi connectivity index (χ3n) is 3.15. The van der Waals surface area contributed by atoms with Crippen LogP contribution in [0.3, 0.4) is 0 Å². The Bertz CT molecular complexity index is 589. The molecule has 0 saturated heterocycles. The fourth-order valence-corrected chi connectivity index (χ4v) is 2.91. The van der Waals surface area contributed by atoms with Crippen molar-refractivity contribution in [1.82, 2.24) is 10.0 Å². The quantitative estimate of drug-likeness (QED) is 0.761. The Balaban J connectivity index is 2.16. The van der Waals surface area contributed by atoms with Crippen LogP contribution < -0.4 is 14.8 Å². The van der Waals surface area contributed by atoms with Crippen LogP contribution in [0.5, 0.6) is 5.75 Å². The predicted molar refractivity (Wildman–Crippen MR) is 74.0 cm³/mol. The molecule has 8 heteroatoms. The van der Waals surface area contributed by atoms with Gasteiger partial charge in [0.05, 0.1) is 18.6 Å². The summed E-state index contributed by atoms with van der Waals surface area (Å²) in [4.78, 5) is -0.0449. The molecule has 5 nitrogen and oxygen atoms in total. The summed E-state index contributed by atoms with van der Waals surface area (Å²) in [6.45, 7) is -0.421. The smallest absolute Gasteiger partial charge is 0.251 e. The Morgan fingerprint density at radius 2 is 2.10 bits per heavy atom. The molecule has 1 fully saturated rings. The second-order valence-electron chi connectivity index (χ2n) is 4.87. The second-order valence-corrected chi connectivity index (χ2v) is 6.64. The highest BCUT2D eigenvalue weighted by molar-refractivity contribution is 7.89. The highest BCUT2D eigenvalue weighted by atomic mass is 32.2. The maximum Gasteiger partial charge on any atom is 0.251 e. The van der Waals surface area contributed by atoms with Crippen molar-refractivity contribution in [3.8, 4) is 5.75 Å². The first kappa shape index (κ1) is 16.1. The molecule has 1 aromatic rings. The van der Waals surface area contributed by atoms with Gasteiger partial charge in [0.25, 0.3) is 6.43 Å². The van der Waals surface area contributed by atoms with Crippen molar-refractivity contribution in [1.29, 1.82) is 0 Å². The lowest BCUT2D eigenvalue weighted by Gasteiger charge is -2.12. The summed E-state index contributed by atoms with van der Waals surface area (Å²) >= 11 is 0. The summed E-state index contributed by atoms with van der Waals surface area (Å²) in [5.41, 5.74) is 0.685. The van der Waals surface area contributed by atoms with E-state index in [0.717, 1.165) is 12.8 Å². The van der Waals surface area contributed by atoms with Crippen LogP contribution in [0.2, 0.25) is 0 Å². The number of alkyl halides is 2. The number of halogens is 2. The Morgan fingerprint density at radius 1 is 1.38 bits per heavy atom. The summed E-state index contributed by atoms with van der Waals surface area (Å²) < 4.78 is 55.2. The van der Waals surface area contributed by atoms with Crippen LogP contribution in [0.15, 0.2) is 23.1 Å². The van der Waals surface area contributed by atoms with Crippen molar-refractivity contribution in [3.05, 3.63) is 23.8 Å². The number of hydrogen-bond donors (Lipinski definition) is 2. The molecule has 0 bridgehead atoms. The molecule has 0 unspecified atom stereocenters. The number of benzene rings is 1. The molecule has 0 atom stereocenters. The van der Waals surface area contributed by atoms with Crippen LogP contribution in [0.4, 0.5) is 8.78 Å². The molecule has 0 amide bonds. The monoisotopic (exact) mass is 320 g/mol. The van der Waals surface area contributed by atoms with E-state index in [1.807, 2.05) is 4.72 Å². The highest BCUT2D eigenvalue weighted by Gasteiger charge is 2.22. The molecule has 0 aliphatic heterocycles. The summed E-state index contributed by atoms with van der Waals surface area (Å²) in [6, 6.07) is 4.78. The molecule has 1 saturated carbocycles. The maximum absolute atomic E-state index is 12.1. The Kier molecular flexibility index (Phi) is 5.13. The number of hydrogen-bond acceptors (Lipinski definition) is 4. The molecule has 21 heavy (non-hydrogen) atoms. The van der Waals surface area contributed by atoms with Gasteiger partial charge in [0.15, 0.2) is 0 Å². The largest absolute Gasteiger partial charge is 0.496 e. The third-order valence-corrected chi connectivity index (χ3v) is 4.57. The van der Waals surface area contributed by atoms with E-state index in [2.05, 4.69) is 5.32 Å². The molecule has 1 aromatic carbocycles. The van der Waals surface area contributed by atoms with Gasteiger partial charge >= 0.3 is 0 Å². The zero-order chi connectivity index (χ0) is 15.5. The molecule has 0 heterocycles. The minimum Gasteiger partial charge on any atom is -0.496 e. The van der Waals surface area contributed by atoms with E-state index in [4.69, 9.17) is 4.74 Å². The lowest BCUT2D eigenvalue weighted by molar-refractivity contribution is 0.153. The molecule has 0 radical (unpaired) electrons. The SMILES string of the molecule is COc1ccc(S(=O)(=O)NCC(F)F)cc1CNC1CC1. The molecular weight excluding hydrogens is 302 g/mol. The Morgan fingerprint density at radius 3 is 2.67 bits per heavy atom. The predicted octanol–water partition coefficient (Wildman–Crippen LogP) is 1.49. The van der Waals surface area contributed by atoms with Crippen molar-refractivity contribution < 1.29 is 21.9 Å². The first-order chi connectivity index (χ1) is 9.92. The zero-order valence-electron chi connectivity index (χ0n) is 11.6. The number of rotatable bonds is 8. The first-order valence-corrected chi connectivity index (χ1v) is 8.09. The lowest BCUT2D eigenvalue weighted by Crippen LogP contribution is -2.28. The molecule has 118 valence electrons. The summed E-state index contributed by atoms with van der Waals surface area (Å²) in [6.07, 6.45) is -0.513. The molecule has 0 spiro atoms. The molecule has 2 N–H and O–H groups in total. The highest BCUT2D eigenvalue weighted by Crippen LogP contribution is 2.25. The van der Waals surface area contributed by atoms with E-state index in [0.29, 0.717) is 23.9 Å². The molecule has 1 aliphatic rings. The van der Waals surface area contributed by atoms with Crippen LogP contribution in [-0.2, 0) is 16.6 Å². The fraction of sp³-hybridized carbons (Fsp3) is 0.538. The summed E-state index contributed by atoms with van der Waals surface area (Å²) in [5, 5.41) is 3.26. The lowest BCUT2D eigenvalue weighted by atomic mass is 10.2. The minimum atomic E-state index is -3.94. The first-order valence-electron chi connectivity index (χ1n) is 6.60. The van der Waals surface area contributed by atoms with Crippen molar-refractivity contribution in [2.24, 2.45) is 0 Å². The van der Waals surface area contributed by atoms with Gasteiger partial charge in [0, 0.05) is 18.2 Å². The summed E-state index contributed by atoms with van der Waals surface area (Å²) in [7, 11) is -2.44. The van der Waals surface area contributed by atoms with E-state index in [1.165, 1.54) is 25.3 Å². The van der Waals surface area contributed by atoms with Gasteiger partial charge in [-0.3, -0.25) is 0 Å². The fourth-order valence-electron chi connectivity index (χ4n) is 1.86. The maximum atomic E-state index is 12.1. The van der Waals surface area contributed by atoms with Gasteiger partial charge in [-0.2, -0.15) is 0 Å². The van der Waals surface area contributed by atoms with Crippen molar-refractivity contribution in [3.63, 3.8) is 0 Å². The molecule has 1 aliphatic carbocycles. The van der Waals surface area contributed by atoms with E-state index in [1.54, 1.807) is 0 Å². The topological polar surface area (TPSA) is 67.4 Å². The van der Waals surface area contributed by atoms with Crippen LogP contribution in [0.25, 0.3) is 0 Å². The van der Waals surface area contributed by atoms with Crippen LogP contribution >= 0.6 is 0 Å². The number of ether oxygens (including phenoxy) is 1. The van der Waals surface area contributed by atoms with Gasteiger partial charge in [-0.15, -0.1) is 0 Å². The van der Waals surface area contributed by atoms with Gasteiger partial charge in [-0.1, -0.05) is 0 Å². The van der Waals surface area contributed by atoms with Gasteiger partial charge in [-0.25, -0.2) is 21.9 Å². The minimum absolute atomic E-state index is 0.0449. The second kappa shape index (κ2) is 6.67. The zero-order valence-corrected chi connectivity index (χ0v) is 12.4. The van der Waals surface area contributed by atoms with Gasteiger partial charge in [0.1, 0.15) is 5.75 Å². The number of nitrogens with one attached hydrogen (secondary N) is 2. The molecular formula is C13H18F2N2O3S. The third kappa shape index (κ3) is 4.62. The van der Waals surface area contributed by atoms with Crippen LogP contribution in [0.1, 0.15) is 18.4 Å². The van der Waals surface area contributed by atoms with Crippen molar-refractivity contribution >= 4 is 10.0 Å².